The lowest BCUT2D eigenvalue weighted by Gasteiger charge is -2.20. The van der Waals surface area contributed by atoms with Gasteiger partial charge in [0, 0.05) is 18.7 Å². The van der Waals surface area contributed by atoms with Gasteiger partial charge in [-0.25, -0.2) is 27.2 Å². The molecule has 1 atom stereocenters. The molecule has 3 aromatic carbocycles. The van der Waals surface area contributed by atoms with Crippen LogP contribution in [0.15, 0.2) is 71.5 Å². The van der Waals surface area contributed by atoms with E-state index in [1.54, 1.807) is 0 Å². The molecule has 0 saturated heterocycles. The summed E-state index contributed by atoms with van der Waals surface area (Å²) in [4.78, 5) is 22.7. The fraction of sp³-hybridized carbons (Fsp3) is 0.161. The van der Waals surface area contributed by atoms with Crippen molar-refractivity contribution in [2.24, 2.45) is 12.8 Å². The molecule has 248 valence electrons. The number of nitrogens with zero attached hydrogens (tertiary/aromatic N) is 5. The van der Waals surface area contributed by atoms with E-state index in [9.17, 15) is 35.2 Å². The van der Waals surface area contributed by atoms with E-state index in [0.29, 0.717) is 6.07 Å². The number of nitrogens with two attached hydrogens (primary N) is 1. The first-order chi connectivity index (χ1) is 22.5. The van der Waals surface area contributed by atoms with Crippen LogP contribution in [0.4, 0.5) is 27.8 Å². The van der Waals surface area contributed by atoms with Crippen LogP contribution in [-0.4, -0.2) is 39.0 Å². The number of benzene rings is 3. The predicted molar refractivity (Wildman–Crippen MR) is 170 cm³/mol. The highest BCUT2D eigenvalue weighted by atomic mass is 35.5. The minimum Gasteiger partial charge on any atom is -0.321 e. The normalized spacial score (nSPS) is 12.9. The van der Waals surface area contributed by atoms with E-state index in [4.69, 9.17) is 17.3 Å². The number of sulfonamides is 1. The van der Waals surface area contributed by atoms with Crippen molar-refractivity contribution in [2.45, 2.75) is 18.6 Å². The molecule has 48 heavy (non-hydrogen) atoms. The van der Waals surface area contributed by atoms with E-state index in [0.717, 1.165) is 29.0 Å². The molecule has 6 aromatic rings. The van der Waals surface area contributed by atoms with Crippen molar-refractivity contribution >= 4 is 49.2 Å². The molecule has 0 amide bonds. The van der Waals surface area contributed by atoms with Crippen LogP contribution in [0.25, 0.3) is 38.8 Å². The van der Waals surface area contributed by atoms with E-state index in [1.165, 1.54) is 54.2 Å². The van der Waals surface area contributed by atoms with Gasteiger partial charge in [-0.05, 0) is 60.5 Å². The van der Waals surface area contributed by atoms with Crippen LogP contribution in [0.3, 0.4) is 0 Å². The Labute approximate surface area is 273 Å². The first-order valence-electron chi connectivity index (χ1n) is 14.0. The lowest BCUT2D eigenvalue weighted by molar-refractivity contribution is -0.141. The van der Waals surface area contributed by atoms with Gasteiger partial charge < -0.3 is 5.73 Å². The Kier molecular flexibility index (Phi) is 8.21. The van der Waals surface area contributed by atoms with Crippen LogP contribution < -0.4 is 16.0 Å². The molecule has 0 aliphatic carbocycles. The summed E-state index contributed by atoms with van der Waals surface area (Å²) in [5.41, 5.74) is 5.59. The summed E-state index contributed by atoms with van der Waals surface area (Å²) in [6.07, 6.45) is -3.95. The molecule has 0 radical (unpaired) electrons. The summed E-state index contributed by atoms with van der Waals surface area (Å²) in [6.45, 7) is 0. The number of hydrogen-bond donors (Lipinski definition) is 2. The molecule has 10 nitrogen and oxygen atoms in total. The van der Waals surface area contributed by atoms with Gasteiger partial charge in [0.25, 0.3) is 5.56 Å². The third-order valence-corrected chi connectivity index (χ3v) is 8.26. The maximum absolute atomic E-state index is 14.3. The summed E-state index contributed by atoms with van der Waals surface area (Å²) < 4.78 is 97.3. The van der Waals surface area contributed by atoms with Gasteiger partial charge >= 0.3 is 6.18 Å². The lowest BCUT2D eigenvalue weighted by atomic mass is 10.0. The Hall–Kier alpha value is -4.93. The zero-order valence-corrected chi connectivity index (χ0v) is 26.4. The van der Waals surface area contributed by atoms with Crippen molar-refractivity contribution in [3.05, 3.63) is 111 Å². The number of aromatic nitrogens is 5. The minimum absolute atomic E-state index is 0.0287. The predicted octanol–water partition coefficient (Wildman–Crippen LogP) is 5.90. The van der Waals surface area contributed by atoms with Gasteiger partial charge in [0.15, 0.2) is 5.82 Å². The molecule has 3 aromatic heterocycles. The quantitative estimate of drug-likeness (QED) is 0.198. The molecule has 17 heteroatoms. The monoisotopic (exact) mass is 703 g/mol. The van der Waals surface area contributed by atoms with Gasteiger partial charge in [0.2, 0.25) is 10.0 Å². The Morgan fingerprint density at radius 3 is 2.38 bits per heavy atom. The maximum atomic E-state index is 14.3. The zero-order valence-electron chi connectivity index (χ0n) is 24.8. The molecule has 0 unspecified atom stereocenters. The lowest BCUT2D eigenvalue weighted by Crippen LogP contribution is -2.30. The van der Waals surface area contributed by atoms with Crippen LogP contribution in [0.1, 0.15) is 23.1 Å². The van der Waals surface area contributed by atoms with Crippen LogP contribution in [0.2, 0.25) is 5.02 Å². The molecule has 0 saturated carbocycles. The van der Waals surface area contributed by atoms with E-state index in [2.05, 4.69) is 19.8 Å². The maximum Gasteiger partial charge on any atom is 0.433 e. The van der Waals surface area contributed by atoms with Gasteiger partial charge in [0.1, 0.15) is 23.2 Å². The van der Waals surface area contributed by atoms with Gasteiger partial charge in [-0.15, -0.1) is 0 Å². The molecule has 0 fully saturated rings. The highest BCUT2D eigenvalue weighted by Crippen LogP contribution is 2.36. The molecule has 0 bridgehead atoms. The summed E-state index contributed by atoms with van der Waals surface area (Å²) in [5, 5.41) is 4.55. The number of rotatable bonds is 7. The Morgan fingerprint density at radius 2 is 1.71 bits per heavy atom. The fourth-order valence-electron chi connectivity index (χ4n) is 5.46. The number of fused-ring (bicyclic) bond motifs is 2. The standard InChI is InChI=1S/C31H23ClF5N7O3S/c1-43-27-24(9-8-20(32)26(27)28(41-43)42-48(2,46)47)44-29(21(38)12-15-10-17(33)14-18(34)11-15)40-23-13-16(6-7-19(23)30(44)45)22-4-3-5-25(39-22)31(35,36)37/h3-11,13-14,21H,12,38H2,1-2H3,(H,41,42)/t21-/m0/s1. The van der Waals surface area contributed by atoms with Gasteiger partial charge in [-0.2, -0.15) is 18.3 Å². The first kappa shape index (κ1) is 33.0. The molecule has 0 aliphatic rings. The number of nitrogens with one attached hydrogen (secondary N) is 1. The summed E-state index contributed by atoms with van der Waals surface area (Å²) in [7, 11) is -2.30. The van der Waals surface area contributed by atoms with Crippen molar-refractivity contribution in [3.8, 4) is 16.9 Å². The highest BCUT2D eigenvalue weighted by Gasteiger charge is 2.32. The topological polar surface area (TPSA) is 138 Å². The Morgan fingerprint density at radius 1 is 1.00 bits per heavy atom. The number of alkyl halides is 3. The largest absolute Gasteiger partial charge is 0.433 e. The van der Waals surface area contributed by atoms with E-state index >= 15 is 0 Å². The van der Waals surface area contributed by atoms with Gasteiger partial charge in [0.05, 0.1) is 50.5 Å². The second kappa shape index (κ2) is 11.9. The first-order valence-corrected chi connectivity index (χ1v) is 16.2. The number of hydrogen-bond acceptors (Lipinski definition) is 7. The fourth-order valence-corrected chi connectivity index (χ4v) is 6.19. The summed E-state index contributed by atoms with van der Waals surface area (Å²) >= 11 is 6.49. The molecule has 3 heterocycles. The number of aryl methyl sites for hydroxylation is 1. The molecule has 3 N–H and O–H groups in total. The number of anilines is 1. The Balaban J connectivity index is 1.61. The molecular weight excluding hydrogens is 681 g/mol. The number of halogens is 6. The molecule has 0 spiro atoms. The van der Waals surface area contributed by atoms with E-state index in [-0.39, 0.29) is 67.4 Å². The summed E-state index contributed by atoms with van der Waals surface area (Å²) in [6, 6.07) is 12.2. The van der Waals surface area contributed by atoms with Gasteiger partial charge in [-0.1, -0.05) is 23.7 Å². The van der Waals surface area contributed by atoms with Crippen LogP contribution in [0.5, 0.6) is 0 Å². The van der Waals surface area contributed by atoms with Crippen molar-refractivity contribution in [3.63, 3.8) is 0 Å². The van der Waals surface area contributed by atoms with Crippen LogP contribution >= 0.6 is 11.6 Å². The smallest absolute Gasteiger partial charge is 0.321 e. The second-order valence-corrected chi connectivity index (χ2v) is 13.1. The molecular formula is C31H23ClF5N7O3S. The summed E-state index contributed by atoms with van der Waals surface area (Å²) in [5.74, 6) is -1.89. The highest BCUT2D eigenvalue weighted by molar-refractivity contribution is 7.92. The SMILES string of the molecule is Cn1nc(NS(C)(=O)=O)c2c(Cl)ccc(-n3c([C@@H](N)Cc4cc(F)cc(F)c4)nc4cc(-c5cccc(C(F)(F)F)n5)ccc4c3=O)c21. The molecule has 0 aliphatic heterocycles. The Bertz CT molecular complexity index is 2410. The van der Waals surface area contributed by atoms with Crippen molar-refractivity contribution in [1.82, 2.24) is 24.3 Å². The average molecular weight is 704 g/mol. The van der Waals surface area contributed by atoms with E-state index in [1.807, 2.05) is 0 Å². The van der Waals surface area contributed by atoms with Crippen LogP contribution in [0, 0.1) is 11.6 Å². The van der Waals surface area contributed by atoms with Gasteiger partial charge in [-0.3, -0.25) is 18.8 Å². The van der Waals surface area contributed by atoms with E-state index < -0.39 is 45.1 Å². The van der Waals surface area contributed by atoms with Crippen molar-refractivity contribution in [1.29, 1.82) is 0 Å². The number of pyridine rings is 1. The molecule has 6 rings (SSSR count). The third kappa shape index (κ3) is 6.33. The second-order valence-electron chi connectivity index (χ2n) is 11.0. The minimum atomic E-state index is -4.69. The third-order valence-electron chi connectivity index (χ3n) is 7.38. The average Bonchev–Trinajstić information content (AvgIpc) is 3.31. The van der Waals surface area contributed by atoms with Crippen molar-refractivity contribution in [2.75, 3.05) is 11.0 Å². The zero-order chi connectivity index (χ0) is 34.7. The van der Waals surface area contributed by atoms with Crippen LogP contribution in [-0.2, 0) is 29.7 Å². The van der Waals surface area contributed by atoms with Crippen molar-refractivity contribution < 1.29 is 30.4 Å².